The lowest BCUT2D eigenvalue weighted by molar-refractivity contribution is 0.127. The van der Waals surface area contributed by atoms with Crippen molar-refractivity contribution in [2.45, 2.75) is 25.3 Å². The van der Waals surface area contributed by atoms with Crippen LogP contribution in [-0.2, 0) is 0 Å². The number of piperidine rings is 1. The summed E-state index contributed by atoms with van der Waals surface area (Å²) >= 11 is 0. The lowest BCUT2D eigenvalue weighted by atomic mass is 9.91. The first-order valence-corrected chi connectivity index (χ1v) is 10.2. The molecule has 1 unspecified atom stereocenters. The molecule has 1 aromatic heterocycles. The first kappa shape index (κ1) is 18.8. The van der Waals surface area contributed by atoms with E-state index in [2.05, 4.69) is 39.6 Å². The molecule has 0 saturated carbocycles. The van der Waals surface area contributed by atoms with Crippen molar-refractivity contribution in [3.63, 3.8) is 0 Å². The first-order chi connectivity index (χ1) is 13.8. The number of benzene rings is 2. The second kappa shape index (κ2) is 9.13. The zero-order valence-corrected chi connectivity index (χ0v) is 16.4. The Hall–Kier alpha value is -2.50. The van der Waals surface area contributed by atoms with Gasteiger partial charge in [-0.1, -0.05) is 65.8 Å². The van der Waals surface area contributed by atoms with E-state index in [0.29, 0.717) is 11.7 Å². The van der Waals surface area contributed by atoms with Crippen molar-refractivity contribution in [2.75, 3.05) is 26.7 Å². The fraction of sp³-hybridized carbons (Fsp3) is 0.391. The van der Waals surface area contributed by atoms with Gasteiger partial charge < -0.3 is 9.84 Å². The fourth-order valence-electron chi connectivity index (χ4n) is 4.04. The molecule has 2 aromatic carbocycles. The number of hydrogen-bond donors (Lipinski definition) is 1. The molecule has 5 heteroatoms. The van der Waals surface area contributed by atoms with E-state index in [0.717, 1.165) is 31.1 Å². The average molecular weight is 377 g/mol. The van der Waals surface area contributed by atoms with Crippen molar-refractivity contribution in [3.8, 4) is 11.4 Å². The maximum atomic E-state index is 5.77. The smallest absolute Gasteiger partial charge is 0.248 e. The molecule has 2 heterocycles. The van der Waals surface area contributed by atoms with Crippen LogP contribution in [0.5, 0.6) is 0 Å². The second-order valence-electron chi connectivity index (χ2n) is 7.51. The summed E-state index contributed by atoms with van der Waals surface area (Å²) in [4.78, 5) is 7.27. The van der Waals surface area contributed by atoms with Crippen molar-refractivity contribution in [3.05, 3.63) is 72.1 Å². The Balaban J connectivity index is 1.57. The molecular weight excluding hydrogens is 348 g/mol. The van der Waals surface area contributed by atoms with Crippen LogP contribution in [0.4, 0.5) is 0 Å². The SMILES string of the molecule is CNCCC1CCN(C(c2ccccc2)c2nc(-c3ccccc3)no2)CC1. The van der Waals surface area contributed by atoms with E-state index in [-0.39, 0.29) is 6.04 Å². The highest BCUT2D eigenvalue weighted by Gasteiger charge is 2.31. The topological polar surface area (TPSA) is 54.2 Å². The van der Waals surface area contributed by atoms with Crippen LogP contribution in [0.1, 0.15) is 36.8 Å². The standard InChI is InChI=1S/C23H28N4O/c1-24-15-12-18-13-16-27(17-14-18)21(19-8-4-2-5-9-19)23-25-22(26-28-23)20-10-6-3-7-11-20/h2-11,18,21,24H,12-17H2,1H3. The molecule has 146 valence electrons. The highest BCUT2D eigenvalue weighted by molar-refractivity contribution is 5.53. The molecule has 4 rings (SSSR count). The lowest BCUT2D eigenvalue weighted by Crippen LogP contribution is -2.38. The van der Waals surface area contributed by atoms with Crippen LogP contribution in [0.15, 0.2) is 65.2 Å². The van der Waals surface area contributed by atoms with Gasteiger partial charge in [-0.3, -0.25) is 4.90 Å². The van der Waals surface area contributed by atoms with Crippen LogP contribution >= 0.6 is 0 Å². The zero-order chi connectivity index (χ0) is 19.2. The normalized spacial score (nSPS) is 16.9. The minimum absolute atomic E-state index is 0.0106. The van der Waals surface area contributed by atoms with E-state index in [4.69, 9.17) is 9.51 Å². The monoisotopic (exact) mass is 376 g/mol. The molecule has 1 N–H and O–H groups in total. The highest BCUT2D eigenvalue weighted by atomic mass is 16.5. The predicted octanol–water partition coefficient (Wildman–Crippen LogP) is 4.15. The van der Waals surface area contributed by atoms with Crippen LogP contribution < -0.4 is 5.32 Å². The molecule has 1 aliphatic rings. The molecule has 1 saturated heterocycles. The van der Waals surface area contributed by atoms with Gasteiger partial charge in [-0.05, 0) is 57.4 Å². The van der Waals surface area contributed by atoms with Gasteiger partial charge in [-0.2, -0.15) is 4.98 Å². The van der Waals surface area contributed by atoms with Crippen LogP contribution in [0.2, 0.25) is 0 Å². The minimum Gasteiger partial charge on any atom is -0.337 e. The minimum atomic E-state index is 0.0106. The molecule has 0 aliphatic carbocycles. The highest BCUT2D eigenvalue weighted by Crippen LogP contribution is 2.33. The van der Waals surface area contributed by atoms with Gasteiger partial charge in [0, 0.05) is 5.56 Å². The van der Waals surface area contributed by atoms with Crippen LogP contribution in [-0.4, -0.2) is 41.7 Å². The molecule has 0 spiro atoms. The fourth-order valence-corrected chi connectivity index (χ4v) is 4.04. The number of hydrogen-bond acceptors (Lipinski definition) is 5. The van der Waals surface area contributed by atoms with Crippen molar-refractivity contribution < 1.29 is 4.52 Å². The summed E-state index contributed by atoms with van der Waals surface area (Å²) in [6, 6.07) is 20.5. The predicted molar refractivity (Wildman–Crippen MR) is 111 cm³/mol. The van der Waals surface area contributed by atoms with Crippen LogP contribution in [0.3, 0.4) is 0 Å². The Bertz CT molecular complexity index is 841. The summed E-state index contributed by atoms with van der Waals surface area (Å²) in [6.45, 7) is 3.20. The number of aromatic nitrogens is 2. The van der Waals surface area contributed by atoms with Gasteiger partial charge in [0.15, 0.2) is 0 Å². The van der Waals surface area contributed by atoms with Crippen molar-refractivity contribution in [2.24, 2.45) is 5.92 Å². The largest absolute Gasteiger partial charge is 0.337 e. The third kappa shape index (κ3) is 4.32. The Morgan fingerprint density at radius 1 is 1.04 bits per heavy atom. The number of nitrogens with zero attached hydrogens (tertiary/aromatic N) is 3. The second-order valence-corrected chi connectivity index (χ2v) is 7.51. The third-order valence-electron chi connectivity index (χ3n) is 5.64. The first-order valence-electron chi connectivity index (χ1n) is 10.2. The molecule has 1 aliphatic heterocycles. The van der Waals surface area contributed by atoms with Gasteiger partial charge in [-0.25, -0.2) is 0 Å². The maximum Gasteiger partial charge on any atom is 0.248 e. The molecule has 28 heavy (non-hydrogen) atoms. The summed E-state index contributed by atoms with van der Waals surface area (Å²) in [5.41, 5.74) is 2.19. The number of nitrogens with one attached hydrogen (secondary N) is 1. The van der Waals surface area contributed by atoms with E-state index in [9.17, 15) is 0 Å². The van der Waals surface area contributed by atoms with Gasteiger partial charge in [0.05, 0.1) is 0 Å². The zero-order valence-electron chi connectivity index (χ0n) is 16.4. The Labute approximate surface area is 166 Å². The number of likely N-dealkylation sites (tertiary alicyclic amines) is 1. The molecule has 0 bridgehead atoms. The van der Waals surface area contributed by atoms with Gasteiger partial charge in [0.1, 0.15) is 6.04 Å². The van der Waals surface area contributed by atoms with E-state index in [1.165, 1.54) is 24.8 Å². The van der Waals surface area contributed by atoms with Gasteiger partial charge in [0.2, 0.25) is 11.7 Å². The third-order valence-corrected chi connectivity index (χ3v) is 5.64. The van der Waals surface area contributed by atoms with Crippen LogP contribution in [0, 0.1) is 5.92 Å². The summed E-state index contributed by atoms with van der Waals surface area (Å²) in [5.74, 6) is 2.13. The maximum absolute atomic E-state index is 5.77. The van der Waals surface area contributed by atoms with E-state index < -0.39 is 0 Å². The Kier molecular flexibility index (Phi) is 6.14. The summed E-state index contributed by atoms with van der Waals surface area (Å²) < 4.78 is 5.77. The molecule has 1 fully saturated rings. The molecular formula is C23H28N4O. The summed E-state index contributed by atoms with van der Waals surface area (Å²) in [6.07, 6.45) is 3.68. The van der Waals surface area contributed by atoms with Crippen molar-refractivity contribution in [1.82, 2.24) is 20.4 Å². The quantitative estimate of drug-likeness (QED) is 0.671. The molecule has 5 nitrogen and oxygen atoms in total. The lowest BCUT2D eigenvalue weighted by Gasteiger charge is -2.36. The number of rotatable bonds is 7. The molecule has 0 amide bonds. The van der Waals surface area contributed by atoms with Gasteiger partial charge in [0.25, 0.3) is 0 Å². The average Bonchev–Trinajstić information content (AvgIpc) is 3.24. The van der Waals surface area contributed by atoms with E-state index in [1.54, 1.807) is 0 Å². The summed E-state index contributed by atoms with van der Waals surface area (Å²) in [5, 5.41) is 7.53. The van der Waals surface area contributed by atoms with Gasteiger partial charge in [-0.15, -0.1) is 0 Å². The Morgan fingerprint density at radius 2 is 1.71 bits per heavy atom. The molecule has 3 aromatic rings. The molecule has 0 radical (unpaired) electrons. The van der Waals surface area contributed by atoms with E-state index in [1.807, 2.05) is 43.4 Å². The van der Waals surface area contributed by atoms with Crippen molar-refractivity contribution in [1.29, 1.82) is 0 Å². The van der Waals surface area contributed by atoms with E-state index >= 15 is 0 Å². The van der Waals surface area contributed by atoms with Gasteiger partial charge >= 0.3 is 0 Å². The molecule has 1 atom stereocenters. The van der Waals surface area contributed by atoms with Crippen LogP contribution in [0.25, 0.3) is 11.4 Å². The van der Waals surface area contributed by atoms with Crippen molar-refractivity contribution >= 4 is 0 Å². The Morgan fingerprint density at radius 3 is 2.39 bits per heavy atom. The summed E-state index contributed by atoms with van der Waals surface area (Å²) in [7, 11) is 2.03.